The van der Waals surface area contributed by atoms with Crippen molar-refractivity contribution in [1.82, 2.24) is 0 Å². The van der Waals surface area contributed by atoms with Crippen LogP contribution >= 0.6 is 11.6 Å². The molecule has 0 aromatic heterocycles. The molecule has 0 aliphatic carbocycles. The first-order valence-corrected chi connectivity index (χ1v) is 2.73. The Morgan fingerprint density at radius 3 is 1.90 bits per heavy atom. The fourth-order valence-electron chi connectivity index (χ4n) is 0.140. The van der Waals surface area contributed by atoms with Gasteiger partial charge < -0.3 is 11.5 Å². The highest BCUT2D eigenvalue weighted by Gasteiger charge is 2.50. The zero-order valence-electron chi connectivity index (χ0n) is 5.20. The van der Waals surface area contributed by atoms with E-state index in [2.05, 4.69) is 17.3 Å². The Morgan fingerprint density at radius 2 is 1.90 bits per heavy atom. The van der Waals surface area contributed by atoms with Crippen molar-refractivity contribution in [3.05, 3.63) is 0 Å². The average molecular weight is 173 g/mol. The van der Waals surface area contributed by atoms with E-state index in [0.717, 1.165) is 6.92 Å². The van der Waals surface area contributed by atoms with E-state index in [1.807, 2.05) is 0 Å². The van der Waals surface area contributed by atoms with Crippen molar-refractivity contribution in [2.75, 3.05) is 0 Å². The summed E-state index contributed by atoms with van der Waals surface area (Å²) in [7, 11) is 0. The molecule has 0 saturated heterocycles. The maximum absolute atomic E-state index is 12.1. The Bertz CT molecular complexity index is 154. The van der Waals surface area contributed by atoms with Gasteiger partial charge in [-0.25, -0.2) is 0 Å². The lowest BCUT2D eigenvalue weighted by atomic mass is 10.0. The van der Waals surface area contributed by atoms with Crippen molar-refractivity contribution in [3.63, 3.8) is 0 Å². The third-order valence-electron chi connectivity index (χ3n) is 1.10. The highest BCUT2D eigenvalue weighted by Crippen LogP contribution is 2.30. The lowest BCUT2D eigenvalue weighted by molar-refractivity contribution is -0.130. The van der Waals surface area contributed by atoms with Crippen LogP contribution in [0, 0.1) is 0 Å². The Morgan fingerprint density at radius 1 is 1.60 bits per heavy atom. The molecule has 1 atom stereocenters. The van der Waals surface area contributed by atoms with Gasteiger partial charge in [0.1, 0.15) is 0 Å². The predicted molar refractivity (Wildman–Crippen MR) is 32.6 cm³/mol. The molecule has 0 bridgehead atoms. The summed E-state index contributed by atoms with van der Waals surface area (Å²) in [5.41, 5.74) is 6.82. The minimum Gasteiger partial charge on any atom is -0.368 e. The maximum atomic E-state index is 12.1. The highest BCUT2D eigenvalue weighted by molar-refractivity contribution is 6.24. The van der Waals surface area contributed by atoms with E-state index in [-0.39, 0.29) is 0 Å². The molecule has 0 unspecified atom stereocenters. The first-order chi connectivity index (χ1) is 4.19. The summed E-state index contributed by atoms with van der Waals surface area (Å²) < 4.78 is 24.2. The molecule has 0 aliphatic rings. The minimum atomic E-state index is -3.81. The minimum absolute atomic E-state index is 0.766. The Hall–Kier alpha value is -0.420. The second kappa shape index (κ2) is 2.32. The molecular formula is C4H7ClF2N2O. The van der Waals surface area contributed by atoms with Crippen LogP contribution in [0.25, 0.3) is 0 Å². The molecule has 10 heavy (non-hydrogen) atoms. The fraction of sp³-hybridized carbons (Fsp3) is 0.750. The van der Waals surface area contributed by atoms with E-state index in [4.69, 9.17) is 5.73 Å². The van der Waals surface area contributed by atoms with Crippen LogP contribution < -0.4 is 11.5 Å². The molecule has 60 valence electrons. The van der Waals surface area contributed by atoms with E-state index in [0.29, 0.717) is 0 Å². The SMILES string of the molecule is C[C@@](N)(C(N)=O)C(F)(F)Cl. The predicted octanol–water partition coefficient (Wildman–Crippen LogP) is 0.0207. The topological polar surface area (TPSA) is 69.1 Å². The highest BCUT2D eigenvalue weighted by atomic mass is 35.5. The molecule has 0 saturated carbocycles. The van der Waals surface area contributed by atoms with Gasteiger partial charge in [0.25, 0.3) is 0 Å². The van der Waals surface area contributed by atoms with Crippen LogP contribution in [0.3, 0.4) is 0 Å². The van der Waals surface area contributed by atoms with Crippen molar-refractivity contribution < 1.29 is 13.6 Å². The third-order valence-corrected chi connectivity index (χ3v) is 1.49. The van der Waals surface area contributed by atoms with Crippen LogP contribution in [0.15, 0.2) is 0 Å². The number of alkyl halides is 3. The van der Waals surface area contributed by atoms with Gasteiger partial charge in [0.15, 0.2) is 5.54 Å². The molecule has 1 amide bonds. The summed E-state index contributed by atoms with van der Waals surface area (Å²) in [5, 5.41) is -3.81. The summed E-state index contributed by atoms with van der Waals surface area (Å²) in [6, 6.07) is 0. The largest absolute Gasteiger partial charge is 0.368 e. The Labute approximate surface area is 61.3 Å². The Kier molecular flexibility index (Phi) is 2.22. The molecule has 3 nitrogen and oxygen atoms in total. The van der Waals surface area contributed by atoms with E-state index in [1.54, 1.807) is 0 Å². The van der Waals surface area contributed by atoms with Crippen LogP contribution in [0.1, 0.15) is 6.92 Å². The summed E-state index contributed by atoms with van der Waals surface area (Å²) in [6.07, 6.45) is 0. The van der Waals surface area contributed by atoms with Crippen LogP contribution in [-0.4, -0.2) is 16.8 Å². The first-order valence-electron chi connectivity index (χ1n) is 2.35. The van der Waals surface area contributed by atoms with Gasteiger partial charge in [0.2, 0.25) is 5.91 Å². The van der Waals surface area contributed by atoms with Crippen LogP contribution in [0.2, 0.25) is 0 Å². The quantitative estimate of drug-likeness (QED) is 0.577. The number of nitrogens with two attached hydrogens (primary N) is 2. The zero-order chi connectivity index (χ0) is 8.58. The number of carbonyl (C=O) groups excluding carboxylic acids is 1. The molecule has 0 fully saturated rings. The van der Waals surface area contributed by atoms with Gasteiger partial charge in [-0.3, -0.25) is 4.79 Å². The normalized spacial score (nSPS) is 18.1. The summed E-state index contributed by atoms with van der Waals surface area (Å²) in [6.45, 7) is 0.766. The van der Waals surface area contributed by atoms with Crippen LogP contribution in [0.4, 0.5) is 8.78 Å². The molecule has 0 spiro atoms. The van der Waals surface area contributed by atoms with Gasteiger partial charge in [-0.1, -0.05) is 0 Å². The number of carbonyl (C=O) groups is 1. The summed E-state index contributed by atoms with van der Waals surface area (Å²) in [5.74, 6) is -1.34. The molecule has 0 aliphatic heterocycles. The number of primary amides is 1. The average Bonchev–Trinajstić information content (AvgIpc) is 1.62. The second-order valence-electron chi connectivity index (χ2n) is 2.06. The summed E-state index contributed by atoms with van der Waals surface area (Å²) >= 11 is 4.46. The number of hydrogen-bond donors (Lipinski definition) is 2. The van der Waals surface area contributed by atoms with Gasteiger partial charge in [-0.15, -0.1) is 0 Å². The van der Waals surface area contributed by atoms with Crippen molar-refractivity contribution in [2.24, 2.45) is 11.5 Å². The zero-order valence-corrected chi connectivity index (χ0v) is 5.95. The molecule has 4 N–H and O–H groups in total. The third kappa shape index (κ3) is 1.54. The van der Waals surface area contributed by atoms with Crippen LogP contribution in [-0.2, 0) is 4.79 Å². The fourth-order valence-corrected chi connectivity index (χ4v) is 0.233. The van der Waals surface area contributed by atoms with Gasteiger partial charge in [-0.05, 0) is 18.5 Å². The Balaban J connectivity index is 4.57. The first kappa shape index (κ1) is 9.58. The molecule has 0 aromatic carbocycles. The lowest BCUT2D eigenvalue weighted by Gasteiger charge is -2.24. The molecular weight excluding hydrogens is 166 g/mol. The van der Waals surface area contributed by atoms with E-state index in [1.165, 1.54) is 0 Å². The maximum Gasteiger partial charge on any atom is 0.348 e. The van der Waals surface area contributed by atoms with E-state index >= 15 is 0 Å². The van der Waals surface area contributed by atoms with Crippen molar-refractivity contribution in [1.29, 1.82) is 0 Å². The van der Waals surface area contributed by atoms with Crippen molar-refractivity contribution >= 4 is 17.5 Å². The second-order valence-corrected chi connectivity index (χ2v) is 2.54. The van der Waals surface area contributed by atoms with Gasteiger partial charge in [-0.2, -0.15) is 8.78 Å². The van der Waals surface area contributed by atoms with Gasteiger partial charge in [0, 0.05) is 0 Å². The molecule has 0 aromatic rings. The lowest BCUT2D eigenvalue weighted by Crippen LogP contribution is -2.59. The molecule has 6 heteroatoms. The smallest absolute Gasteiger partial charge is 0.348 e. The molecule has 0 heterocycles. The monoisotopic (exact) mass is 172 g/mol. The molecule has 0 radical (unpaired) electrons. The number of amides is 1. The van der Waals surface area contributed by atoms with E-state index < -0.39 is 16.8 Å². The van der Waals surface area contributed by atoms with Crippen molar-refractivity contribution in [3.8, 4) is 0 Å². The number of rotatable bonds is 2. The van der Waals surface area contributed by atoms with Crippen molar-refractivity contribution in [2.45, 2.75) is 17.8 Å². The molecule has 0 rings (SSSR count). The summed E-state index contributed by atoms with van der Waals surface area (Å²) in [4.78, 5) is 10.2. The van der Waals surface area contributed by atoms with Gasteiger partial charge in [0.05, 0.1) is 0 Å². The van der Waals surface area contributed by atoms with E-state index in [9.17, 15) is 13.6 Å². The van der Waals surface area contributed by atoms with Crippen LogP contribution in [0.5, 0.6) is 0 Å². The van der Waals surface area contributed by atoms with Gasteiger partial charge >= 0.3 is 5.38 Å². The standard InChI is InChI=1S/C4H7ClF2N2O/c1-3(9,2(8)10)4(5,6)7/h9H2,1H3,(H2,8,10)/t3-/m1/s1. The number of hydrogen-bond acceptors (Lipinski definition) is 2. The number of halogens is 3.